The molecular formula is C9H17BrO2. The number of rotatable bonds is 4. The Kier molecular flexibility index (Phi) is 4.00. The summed E-state index contributed by atoms with van der Waals surface area (Å²) in [4.78, 5) is 0. The first-order valence-corrected chi connectivity index (χ1v) is 5.57. The molecule has 0 saturated carbocycles. The van der Waals surface area contributed by atoms with Gasteiger partial charge in [-0.2, -0.15) is 0 Å². The number of ether oxygens (including phenoxy) is 2. The maximum absolute atomic E-state index is 5.74. The zero-order valence-corrected chi connectivity index (χ0v) is 9.39. The smallest absolute Gasteiger partial charge is 0.0804 e. The largest absolute Gasteiger partial charge is 0.382 e. The van der Waals surface area contributed by atoms with Gasteiger partial charge in [-0.3, -0.25) is 0 Å². The van der Waals surface area contributed by atoms with E-state index < -0.39 is 0 Å². The molecule has 0 aliphatic carbocycles. The van der Waals surface area contributed by atoms with Crippen LogP contribution in [0.25, 0.3) is 0 Å². The Morgan fingerprint density at radius 3 is 2.83 bits per heavy atom. The van der Waals surface area contributed by atoms with E-state index in [9.17, 15) is 0 Å². The van der Waals surface area contributed by atoms with Crippen molar-refractivity contribution < 1.29 is 9.47 Å². The fourth-order valence-corrected chi connectivity index (χ4v) is 2.35. The first-order chi connectivity index (χ1) is 5.72. The Balaban J connectivity index is 2.43. The predicted molar refractivity (Wildman–Crippen MR) is 52.8 cm³/mol. The quantitative estimate of drug-likeness (QED) is 0.699. The average Bonchev–Trinajstić information content (AvgIpc) is 2.54. The van der Waals surface area contributed by atoms with Crippen LogP contribution in [-0.4, -0.2) is 30.8 Å². The molecule has 1 aliphatic rings. The minimum atomic E-state index is 0.0510. The standard InChI is InChI=1S/C9H17BrO2/c1-8(11-2)6-9(7-10)4-3-5-12-9/h8H,3-7H2,1-2H3. The topological polar surface area (TPSA) is 18.5 Å². The van der Waals surface area contributed by atoms with Crippen LogP contribution in [-0.2, 0) is 9.47 Å². The highest BCUT2D eigenvalue weighted by Crippen LogP contribution is 2.32. The van der Waals surface area contributed by atoms with Gasteiger partial charge in [0.15, 0.2) is 0 Å². The van der Waals surface area contributed by atoms with Gasteiger partial charge in [-0.25, -0.2) is 0 Å². The third-order valence-electron chi connectivity index (χ3n) is 2.49. The predicted octanol–water partition coefficient (Wildman–Crippen LogP) is 2.36. The lowest BCUT2D eigenvalue weighted by Gasteiger charge is -2.28. The molecule has 0 aromatic carbocycles. The van der Waals surface area contributed by atoms with E-state index in [1.54, 1.807) is 7.11 Å². The van der Waals surface area contributed by atoms with Gasteiger partial charge in [-0.1, -0.05) is 15.9 Å². The van der Waals surface area contributed by atoms with Crippen LogP contribution in [0.1, 0.15) is 26.2 Å². The minimum absolute atomic E-state index is 0.0510. The van der Waals surface area contributed by atoms with Gasteiger partial charge in [0.1, 0.15) is 0 Å². The molecule has 0 amide bonds. The lowest BCUT2D eigenvalue weighted by molar-refractivity contribution is -0.0229. The van der Waals surface area contributed by atoms with Crippen LogP contribution in [0.4, 0.5) is 0 Å². The van der Waals surface area contributed by atoms with E-state index in [1.807, 2.05) is 0 Å². The van der Waals surface area contributed by atoms with E-state index in [2.05, 4.69) is 22.9 Å². The maximum Gasteiger partial charge on any atom is 0.0804 e. The first-order valence-electron chi connectivity index (χ1n) is 4.45. The second-order valence-corrected chi connectivity index (χ2v) is 4.08. The summed E-state index contributed by atoms with van der Waals surface area (Å²) in [5.41, 5.74) is 0.0510. The minimum Gasteiger partial charge on any atom is -0.382 e. The van der Waals surface area contributed by atoms with Gasteiger partial charge in [-0.15, -0.1) is 0 Å². The van der Waals surface area contributed by atoms with Gasteiger partial charge in [0, 0.05) is 25.5 Å². The number of hydrogen-bond acceptors (Lipinski definition) is 2. The second kappa shape index (κ2) is 4.58. The molecule has 12 heavy (non-hydrogen) atoms. The van der Waals surface area contributed by atoms with E-state index in [4.69, 9.17) is 9.47 Å². The lowest BCUT2D eigenvalue weighted by atomic mass is 9.96. The summed E-state index contributed by atoms with van der Waals surface area (Å²) < 4.78 is 11.0. The molecule has 3 heteroatoms. The Bertz CT molecular complexity index is 132. The van der Waals surface area contributed by atoms with Crippen LogP contribution in [0.3, 0.4) is 0 Å². The summed E-state index contributed by atoms with van der Waals surface area (Å²) >= 11 is 3.51. The van der Waals surface area contributed by atoms with Gasteiger partial charge in [0.05, 0.1) is 11.7 Å². The molecule has 1 heterocycles. The molecule has 0 spiro atoms. The Morgan fingerprint density at radius 1 is 1.67 bits per heavy atom. The van der Waals surface area contributed by atoms with Crippen LogP contribution in [0.2, 0.25) is 0 Å². The molecule has 1 aliphatic heterocycles. The van der Waals surface area contributed by atoms with Gasteiger partial charge in [0.2, 0.25) is 0 Å². The molecule has 1 rings (SSSR count). The van der Waals surface area contributed by atoms with E-state index in [0.29, 0.717) is 6.10 Å². The van der Waals surface area contributed by atoms with Gasteiger partial charge in [0.25, 0.3) is 0 Å². The van der Waals surface area contributed by atoms with Crippen molar-refractivity contribution in [3.8, 4) is 0 Å². The summed E-state index contributed by atoms with van der Waals surface area (Å²) in [7, 11) is 1.75. The van der Waals surface area contributed by atoms with Crippen LogP contribution in [0, 0.1) is 0 Å². The normalized spacial score (nSPS) is 32.2. The first kappa shape index (κ1) is 10.5. The summed E-state index contributed by atoms with van der Waals surface area (Å²) in [5.74, 6) is 0. The fraction of sp³-hybridized carbons (Fsp3) is 1.00. The van der Waals surface area contributed by atoms with Crippen molar-refractivity contribution in [1.82, 2.24) is 0 Å². The Hall–Kier alpha value is 0.400. The molecule has 0 bridgehead atoms. The summed E-state index contributed by atoms with van der Waals surface area (Å²) in [6.45, 7) is 2.99. The molecule has 0 radical (unpaired) electrons. The van der Waals surface area contributed by atoms with Gasteiger partial charge < -0.3 is 9.47 Å². The van der Waals surface area contributed by atoms with Crippen LogP contribution < -0.4 is 0 Å². The Morgan fingerprint density at radius 2 is 2.42 bits per heavy atom. The van der Waals surface area contributed by atoms with Crippen molar-refractivity contribution in [2.24, 2.45) is 0 Å². The Labute approximate surface area is 82.7 Å². The highest BCUT2D eigenvalue weighted by atomic mass is 79.9. The van der Waals surface area contributed by atoms with Crippen LogP contribution >= 0.6 is 15.9 Å². The second-order valence-electron chi connectivity index (χ2n) is 3.52. The molecule has 0 aromatic heterocycles. The highest BCUT2D eigenvalue weighted by Gasteiger charge is 2.35. The highest BCUT2D eigenvalue weighted by molar-refractivity contribution is 9.09. The third-order valence-corrected chi connectivity index (χ3v) is 3.51. The zero-order valence-electron chi connectivity index (χ0n) is 7.81. The fourth-order valence-electron chi connectivity index (χ4n) is 1.68. The SMILES string of the molecule is COC(C)CC1(CBr)CCCO1. The molecule has 2 atom stereocenters. The molecule has 1 fully saturated rings. The number of hydrogen-bond donors (Lipinski definition) is 0. The van der Waals surface area contributed by atoms with Crippen molar-refractivity contribution >= 4 is 15.9 Å². The number of halogens is 1. The molecule has 72 valence electrons. The molecular weight excluding hydrogens is 220 g/mol. The van der Waals surface area contributed by atoms with Crippen molar-refractivity contribution in [2.45, 2.75) is 37.9 Å². The van der Waals surface area contributed by atoms with Gasteiger partial charge >= 0.3 is 0 Å². The van der Waals surface area contributed by atoms with Gasteiger partial charge in [-0.05, 0) is 19.8 Å². The van der Waals surface area contributed by atoms with Crippen LogP contribution in [0.15, 0.2) is 0 Å². The molecule has 2 unspecified atom stereocenters. The maximum atomic E-state index is 5.74. The molecule has 1 saturated heterocycles. The van der Waals surface area contributed by atoms with E-state index in [-0.39, 0.29) is 5.60 Å². The van der Waals surface area contributed by atoms with E-state index in [1.165, 1.54) is 6.42 Å². The zero-order chi connectivity index (χ0) is 9.03. The average molecular weight is 237 g/mol. The van der Waals surface area contributed by atoms with E-state index in [0.717, 1.165) is 24.8 Å². The van der Waals surface area contributed by atoms with Crippen molar-refractivity contribution in [1.29, 1.82) is 0 Å². The van der Waals surface area contributed by atoms with Crippen molar-refractivity contribution in [2.75, 3.05) is 19.0 Å². The van der Waals surface area contributed by atoms with Crippen molar-refractivity contribution in [3.63, 3.8) is 0 Å². The van der Waals surface area contributed by atoms with Crippen LogP contribution in [0.5, 0.6) is 0 Å². The number of alkyl halides is 1. The molecule has 0 aromatic rings. The summed E-state index contributed by atoms with van der Waals surface area (Å²) in [6.07, 6.45) is 3.63. The van der Waals surface area contributed by atoms with E-state index >= 15 is 0 Å². The number of methoxy groups -OCH3 is 1. The monoisotopic (exact) mass is 236 g/mol. The molecule has 0 N–H and O–H groups in total. The lowest BCUT2D eigenvalue weighted by Crippen LogP contribution is -2.34. The third kappa shape index (κ3) is 2.44. The molecule has 2 nitrogen and oxygen atoms in total. The van der Waals surface area contributed by atoms with Crippen molar-refractivity contribution in [3.05, 3.63) is 0 Å². The summed E-state index contributed by atoms with van der Waals surface area (Å²) in [5, 5.41) is 0.924. The summed E-state index contributed by atoms with van der Waals surface area (Å²) in [6, 6.07) is 0.